The molecule has 1 aliphatic heterocycles. The molecule has 0 unspecified atom stereocenters. The maximum absolute atomic E-state index is 13.0. The zero-order chi connectivity index (χ0) is 10.7. The van der Waals surface area contributed by atoms with Crippen molar-refractivity contribution in [2.45, 2.75) is 31.6 Å². The fourth-order valence-corrected chi connectivity index (χ4v) is 2.54. The molecule has 0 aromatic rings. The first-order valence-corrected chi connectivity index (χ1v) is 5.84. The van der Waals surface area contributed by atoms with Crippen molar-refractivity contribution < 1.29 is 13.5 Å². The third kappa shape index (κ3) is 3.38. The van der Waals surface area contributed by atoms with Crippen molar-refractivity contribution in [3.8, 4) is 0 Å². The molecule has 0 aromatic carbocycles. The van der Waals surface area contributed by atoms with Gasteiger partial charge in [-0.1, -0.05) is 0 Å². The van der Waals surface area contributed by atoms with Gasteiger partial charge in [0.05, 0.1) is 6.61 Å². The van der Waals surface area contributed by atoms with Crippen LogP contribution >= 0.6 is 0 Å². The van der Waals surface area contributed by atoms with Crippen LogP contribution in [0.2, 0.25) is 0 Å². The van der Waals surface area contributed by atoms with Crippen LogP contribution in [0.3, 0.4) is 0 Å². The first-order valence-electron chi connectivity index (χ1n) is 5.84. The molecular formula is C11H19F2NO. The summed E-state index contributed by atoms with van der Waals surface area (Å²) >= 11 is 0. The van der Waals surface area contributed by atoms with Crippen LogP contribution in [-0.2, 0) is 4.74 Å². The van der Waals surface area contributed by atoms with Gasteiger partial charge in [0.15, 0.2) is 0 Å². The lowest BCUT2D eigenvalue weighted by Crippen LogP contribution is -2.31. The van der Waals surface area contributed by atoms with Gasteiger partial charge in [0.1, 0.15) is 0 Å². The van der Waals surface area contributed by atoms with Gasteiger partial charge in [-0.3, -0.25) is 0 Å². The molecule has 15 heavy (non-hydrogen) atoms. The van der Waals surface area contributed by atoms with E-state index in [4.69, 9.17) is 4.74 Å². The summed E-state index contributed by atoms with van der Waals surface area (Å²) in [6, 6.07) is 0. The third-order valence-corrected chi connectivity index (χ3v) is 3.34. The van der Waals surface area contributed by atoms with Gasteiger partial charge in [-0.25, -0.2) is 8.78 Å². The Morgan fingerprint density at radius 2 is 2.13 bits per heavy atom. The molecule has 1 heterocycles. The predicted octanol–water partition coefficient (Wildman–Crippen LogP) is 2.14. The van der Waals surface area contributed by atoms with Gasteiger partial charge in [-0.15, -0.1) is 0 Å². The zero-order valence-corrected chi connectivity index (χ0v) is 9.05. The summed E-state index contributed by atoms with van der Waals surface area (Å²) in [4.78, 5) is 2.28. The predicted molar refractivity (Wildman–Crippen MR) is 54.2 cm³/mol. The van der Waals surface area contributed by atoms with Crippen molar-refractivity contribution >= 4 is 0 Å². The highest BCUT2D eigenvalue weighted by Crippen LogP contribution is 2.39. The van der Waals surface area contributed by atoms with E-state index in [2.05, 4.69) is 4.90 Å². The van der Waals surface area contributed by atoms with Gasteiger partial charge in [0.2, 0.25) is 5.92 Å². The largest absolute Gasteiger partial charge is 0.380 e. The normalized spacial score (nSPS) is 32.8. The standard InChI is InChI=1S/C11H19F2NO/c12-11(13)3-2-10(8-11)9-14-4-1-6-15-7-5-14/h10H,1-9H2/t10-/m0/s1. The summed E-state index contributed by atoms with van der Waals surface area (Å²) in [5, 5.41) is 0. The van der Waals surface area contributed by atoms with E-state index < -0.39 is 5.92 Å². The van der Waals surface area contributed by atoms with E-state index in [-0.39, 0.29) is 18.8 Å². The molecule has 2 nitrogen and oxygen atoms in total. The highest BCUT2D eigenvalue weighted by molar-refractivity contribution is 4.83. The van der Waals surface area contributed by atoms with Gasteiger partial charge in [-0.05, 0) is 18.8 Å². The Kier molecular flexibility index (Phi) is 3.57. The molecule has 4 heteroatoms. The molecule has 2 fully saturated rings. The summed E-state index contributed by atoms with van der Waals surface area (Å²) in [6.07, 6.45) is 1.89. The van der Waals surface area contributed by atoms with Gasteiger partial charge < -0.3 is 9.64 Å². The minimum Gasteiger partial charge on any atom is -0.380 e. The summed E-state index contributed by atoms with van der Waals surface area (Å²) in [7, 11) is 0. The molecule has 88 valence electrons. The molecule has 0 aromatic heterocycles. The first-order chi connectivity index (χ1) is 7.16. The molecule has 1 saturated carbocycles. The van der Waals surface area contributed by atoms with Gasteiger partial charge in [-0.2, -0.15) is 0 Å². The Bertz CT molecular complexity index is 200. The number of hydrogen-bond acceptors (Lipinski definition) is 2. The van der Waals surface area contributed by atoms with Crippen LogP contribution in [0.5, 0.6) is 0 Å². The second kappa shape index (κ2) is 4.74. The second-order valence-corrected chi connectivity index (χ2v) is 4.73. The van der Waals surface area contributed by atoms with E-state index in [0.29, 0.717) is 6.42 Å². The van der Waals surface area contributed by atoms with E-state index in [9.17, 15) is 8.78 Å². The fraction of sp³-hybridized carbons (Fsp3) is 1.00. The fourth-order valence-electron chi connectivity index (χ4n) is 2.54. The third-order valence-electron chi connectivity index (χ3n) is 3.34. The van der Waals surface area contributed by atoms with Crippen LogP contribution in [0, 0.1) is 5.92 Å². The van der Waals surface area contributed by atoms with Crippen molar-refractivity contribution in [2.24, 2.45) is 5.92 Å². The van der Waals surface area contributed by atoms with Gasteiger partial charge in [0.25, 0.3) is 0 Å². The molecule has 0 spiro atoms. The van der Waals surface area contributed by atoms with E-state index in [0.717, 1.165) is 39.3 Å². The van der Waals surface area contributed by atoms with Crippen molar-refractivity contribution in [1.82, 2.24) is 4.90 Å². The van der Waals surface area contributed by atoms with Crippen molar-refractivity contribution in [3.63, 3.8) is 0 Å². The highest BCUT2D eigenvalue weighted by Gasteiger charge is 2.39. The molecule has 1 saturated heterocycles. The maximum Gasteiger partial charge on any atom is 0.248 e. The Balaban J connectivity index is 1.76. The number of halogens is 2. The van der Waals surface area contributed by atoms with E-state index in [1.165, 1.54) is 0 Å². The summed E-state index contributed by atoms with van der Waals surface area (Å²) < 4.78 is 31.3. The van der Waals surface area contributed by atoms with Crippen molar-refractivity contribution in [1.29, 1.82) is 0 Å². The minimum atomic E-state index is -2.40. The van der Waals surface area contributed by atoms with Crippen molar-refractivity contribution in [2.75, 3.05) is 32.8 Å². The lowest BCUT2D eigenvalue weighted by Gasteiger charge is -2.22. The van der Waals surface area contributed by atoms with Gasteiger partial charge in [0, 0.05) is 39.1 Å². The molecule has 0 amide bonds. The Labute approximate surface area is 89.6 Å². The molecule has 0 radical (unpaired) electrons. The SMILES string of the molecule is FC1(F)CC[C@H](CN2CCCOCC2)C1. The van der Waals surface area contributed by atoms with Crippen LogP contribution in [0.15, 0.2) is 0 Å². The van der Waals surface area contributed by atoms with Crippen LogP contribution in [-0.4, -0.2) is 43.7 Å². The molecule has 1 aliphatic carbocycles. The van der Waals surface area contributed by atoms with E-state index >= 15 is 0 Å². The molecular weight excluding hydrogens is 200 g/mol. The minimum absolute atomic E-state index is 0.0853. The van der Waals surface area contributed by atoms with Crippen LogP contribution in [0.25, 0.3) is 0 Å². The number of nitrogens with zero attached hydrogens (tertiary/aromatic N) is 1. The maximum atomic E-state index is 13.0. The van der Waals surface area contributed by atoms with Gasteiger partial charge >= 0.3 is 0 Å². The molecule has 0 bridgehead atoms. The Morgan fingerprint density at radius 1 is 1.27 bits per heavy atom. The van der Waals surface area contributed by atoms with Crippen LogP contribution < -0.4 is 0 Å². The lowest BCUT2D eigenvalue weighted by atomic mass is 10.1. The number of ether oxygens (including phenoxy) is 1. The Morgan fingerprint density at radius 3 is 2.87 bits per heavy atom. The highest BCUT2D eigenvalue weighted by atomic mass is 19.3. The first kappa shape index (κ1) is 11.3. The number of alkyl halides is 2. The quantitative estimate of drug-likeness (QED) is 0.705. The van der Waals surface area contributed by atoms with Crippen LogP contribution in [0.4, 0.5) is 8.78 Å². The summed E-state index contributed by atoms with van der Waals surface area (Å²) in [5.41, 5.74) is 0. The molecule has 2 aliphatic rings. The van der Waals surface area contributed by atoms with Crippen molar-refractivity contribution in [3.05, 3.63) is 0 Å². The zero-order valence-electron chi connectivity index (χ0n) is 9.05. The second-order valence-electron chi connectivity index (χ2n) is 4.73. The summed E-state index contributed by atoms with van der Waals surface area (Å²) in [6.45, 7) is 4.31. The number of rotatable bonds is 2. The average Bonchev–Trinajstić information content (AvgIpc) is 2.41. The van der Waals surface area contributed by atoms with E-state index in [1.807, 2.05) is 0 Å². The number of hydrogen-bond donors (Lipinski definition) is 0. The lowest BCUT2D eigenvalue weighted by molar-refractivity contribution is 0.00343. The van der Waals surface area contributed by atoms with Crippen LogP contribution in [0.1, 0.15) is 25.7 Å². The Hall–Kier alpha value is -0.220. The van der Waals surface area contributed by atoms with E-state index in [1.54, 1.807) is 0 Å². The average molecular weight is 219 g/mol. The molecule has 0 N–H and O–H groups in total. The monoisotopic (exact) mass is 219 g/mol. The topological polar surface area (TPSA) is 12.5 Å². The molecule has 1 atom stereocenters. The molecule has 2 rings (SSSR count). The smallest absolute Gasteiger partial charge is 0.248 e. The summed E-state index contributed by atoms with van der Waals surface area (Å²) in [5.74, 6) is -2.20.